The Morgan fingerprint density at radius 2 is 1.13 bits per heavy atom. The van der Waals surface area contributed by atoms with E-state index in [0.29, 0.717) is 38.8 Å². The fourth-order valence-electron chi connectivity index (χ4n) is 9.09. The van der Waals surface area contributed by atoms with Crippen LogP contribution < -0.4 is 45.5 Å². The average Bonchev–Trinajstić information content (AvgIpc) is 3.22. The van der Waals surface area contributed by atoms with Gasteiger partial charge in [0.1, 0.15) is 17.3 Å². The van der Waals surface area contributed by atoms with E-state index in [1.807, 2.05) is 0 Å². The third-order valence-electron chi connectivity index (χ3n) is 12.5. The Kier molecular flexibility index (Phi) is 14.2. The van der Waals surface area contributed by atoms with Gasteiger partial charge in [-0.25, -0.2) is 8.78 Å². The summed E-state index contributed by atoms with van der Waals surface area (Å²) in [5.74, 6) is -5.10. The maximum atomic E-state index is 14.1. The minimum Gasteiger partial charge on any atom is -0.868 e. The molecule has 0 saturated heterocycles. The molecule has 2 aromatic carbocycles. The zero-order chi connectivity index (χ0) is 45.0. The minimum atomic E-state index is -1.01. The van der Waals surface area contributed by atoms with Gasteiger partial charge in [-0.15, -0.1) is 0 Å². The van der Waals surface area contributed by atoms with E-state index in [1.165, 1.54) is 51.0 Å². The van der Waals surface area contributed by atoms with Gasteiger partial charge in [0.25, 0.3) is 11.8 Å². The first-order chi connectivity index (χ1) is 29.4. The Morgan fingerprint density at radius 3 is 1.56 bits per heavy atom. The first-order valence-electron chi connectivity index (χ1n) is 19.8. The molecular formula is C44H43Cl2F2N4NaO10. The van der Waals surface area contributed by atoms with E-state index in [1.54, 1.807) is 45.0 Å². The van der Waals surface area contributed by atoms with Crippen molar-refractivity contribution in [2.24, 2.45) is 0 Å². The summed E-state index contributed by atoms with van der Waals surface area (Å²) >= 11 is 11.6. The summed E-state index contributed by atoms with van der Waals surface area (Å²) in [7, 11) is 6.37. The van der Waals surface area contributed by atoms with Crippen LogP contribution in [-0.2, 0) is 33.4 Å². The van der Waals surface area contributed by atoms with Crippen LogP contribution in [-0.4, -0.2) is 101 Å². The number of nitrogens with zero attached hydrogens (tertiary/aromatic N) is 4. The van der Waals surface area contributed by atoms with Gasteiger partial charge in [0.05, 0.1) is 44.5 Å². The number of ketones is 2. The van der Waals surface area contributed by atoms with Gasteiger partial charge in [-0.3, -0.25) is 28.8 Å². The van der Waals surface area contributed by atoms with Gasteiger partial charge >= 0.3 is 29.6 Å². The molecule has 2 saturated carbocycles. The van der Waals surface area contributed by atoms with Crippen molar-refractivity contribution in [2.45, 2.75) is 74.7 Å². The van der Waals surface area contributed by atoms with E-state index in [9.17, 15) is 47.8 Å². The van der Waals surface area contributed by atoms with Gasteiger partial charge in [-0.05, 0) is 67.5 Å². The summed E-state index contributed by atoms with van der Waals surface area (Å²) in [6, 6.07) is 9.00. The van der Waals surface area contributed by atoms with E-state index in [0.717, 1.165) is 0 Å². The normalized spacial score (nSPS) is 22.0. The van der Waals surface area contributed by atoms with Gasteiger partial charge in [-0.2, -0.15) is 0 Å². The van der Waals surface area contributed by atoms with E-state index in [2.05, 4.69) is 0 Å². The van der Waals surface area contributed by atoms with Crippen LogP contribution in [0.1, 0.15) is 91.3 Å². The van der Waals surface area contributed by atoms with Crippen molar-refractivity contribution >= 4 is 46.6 Å². The summed E-state index contributed by atoms with van der Waals surface area (Å²) in [6.07, 6.45) is 4.67. The van der Waals surface area contributed by atoms with Gasteiger partial charge in [0.2, 0.25) is 5.43 Å². The quantitative estimate of drug-likeness (QED) is 0.182. The molecule has 19 heteroatoms. The molecule has 2 aliphatic carbocycles. The van der Waals surface area contributed by atoms with Crippen LogP contribution in [0.5, 0.6) is 11.5 Å². The Labute approximate surface area is 392 Å². The summed E-state index contributed by atoms with van der Waals surface area (Å²) in [6.45, 7) is 0.727. The Hall–Kier alpha value is -4.42. The molecule has 0 atom stereocenters. The monoisotopic (exact) mass is 918 g/mol. The first kappa shape index (κ1) is 48.0. The fourth-order valence-corrected chi connectivity index (χ4v) is 9.48. The van der Waals surface area contributed by atoms with E-state index in [-0.39, 0.29) is 111 Å². The second-order valence-electron chi connectivity index (χ2n) is 16.4. The van der Waals surface area contributed by atoms with Crippen molar-refractivity contribution in [3.05, 3.63) is 125 Å². The SMILES string of the molecule is COC1CC2(C1)CN(C)C(=O)c1c(O)c(=O)c(C(=O)CCc3cccc(Cl)c3F)cn12.COC1CC2(C1)CN(C)C(=O)c1c([O-])c(=O)c(C(=O)CCc3cccc(Cl)c3F)cn12.[Na+]. The minimum absolute atomic E-state index is 0. The molecule has 2 spiro atoms. The van der Waals surface area contributed by atoms with Crippen LogP contribution in [0, 0.1) is 11.6 Å². The standard InChI is InChI=1S/2C22H22ClFN2O5.Na/c2*1-25-11-22(8-13(9-22)31-2)26-10-14(19(28)20(29)18(26)21(25)30)16(27)7-6-12-4-3-5-15(23)17(12)24;/h2*3-5,10,13,29H,6-9,11H2,1-2H3;/q;;+1/p-1. The molecule has 2 aliphatic heterocycles. The van der Waals surface area contributed by atoms with Crippen LogP contribution >= 0.6 is 23.2 Å². The van der Waals surface area contributed by atoms with E-state index < -0.39 is 68.4 Å². The summed E-state index contributed by atoms with van der Waals surface area (Å²) in [5.41, 5.74) is -3.41. The third-order valence-corrected chi connectivity index (χ3v) is 13.1. The van der Waals surface area contributed by atoms with Crippen molar-refractivity contribution in [3.8, 4) is 11.5 Å². The maximum absolute atomic E-state index is 14.1. The number of carbonyl (C=O) groups is 4. The molecule has 8 rings (SSSR count). The van der Waals surface area contributed by atoms with Crippen LogP contribution in [0.15, 0.2) is 58.4 Å². The number of rotatable bonds is 10. The summed E-state index contributed by atoms with van der Waals surface area (Å²) in [5, 5.41) is 23.3. The van der Waals surface area contributed by atoms with Crippen molar-refractivity contribution < 1.29 is 77.2 Å². The molecule has 0 unspecified atom stereocenters. The van der Waals surface area contributed by atoms with Crippen LogP contribution in [0.25, 0.3) is 0 Å². The Balaban J connectivity index is 0.000000206. The number of amides is 2. The number of methoxy groups -OCH3 is 2. The maximum Gasteiger partial charge on any atom is 1.00 e. The number of aromatic nitrogens is 2. The number of likely N-dealkylation sites (N-methyl/N-ethyl adjacent to an activating group) is 2. The number of aryl methyl sites for hydroxylation is 2. The Morgan fingerprint density at radius 1 is 0.730 bits per heavy atom. The smallest absolute Gasteiger partial charge is 0.868 e. The molecule has 4 heterocycles. The Bertz CT molecular complexity index is 2470. The molecule has 14 nitrogen and oxygen atoms in total. The van der Waals surface area contributed by atoms with Gasteiger partial charge in [0, 0.05) is 66.6 Å². The molecule has 4 aliphatic rings. The number of benzene rings is 2. The number of carbonyl (C=O) groups excluding carboxylic acids is 4. The molecule has 4 aromatic rings. The van der Waals surface area contributed by atoms with Crippen LogP contribution in [0.2, 0.25) is 10.0 Å². The molecule has 0 radical (unpaired) electrons. The van der Waals surface area contributed by atoms with Crippen molar-refractivity contribution in [1.29, 1.82) is 0 Å². The molecule has 2 fully saturated rings. The average molecular weight is 920 g/mol. The zero-order valence-corrected chi connectivity index (χ0v) is 38.8. The van der Waals surface area contributed by atoms with Gasteiger partial charge in [0.15, 0.2) is 28.4 Å². The number of halogens is 4. The summed E-state index contributed by atoms with van der Waals surface area (Å²) in [4.78, 5) is 79.3. The van der Waals surface area contributed by atoms with Crippen LogP contribution in [0.4, 0.5) is 8.78 Å². The van der Waals surface area contributed by atoms with Crippen molar-refractivity contribution in [1.82, 2.24) is 18.9 Å². The molecule has 63 heavy (non-hydrogen) atoms. The number of hydrogen-bond acceptors (Lipinski definition) is 10. The van der Waals surface area contributed by atoms with E-state index in [4.69, 9.17) is 32.7 Å². The number of hydrogen-bond donors (Lipinski definition) is 1. The number of aromatic hydroxyl groups is 1. The molecule has 2 aromatic heterocycles. The molecule has 1 N–H and O–H groups in total. The van der Waals surface area contributed by atoms with Crippen molar-refractivity contribution in [3.63, 3.8) is 0 Å². The second kappa shape index (κ2) is 18.6. The fraction of sp³-hybridized carbons (Fsp3) is 0.409. The number of pyridine rings is 2. The number of Topliss-reactive ketones (excluding diaryl/α,β-unsaturated/α-hetero) is 2. The summed E-state index contributed by atoms with van der Waals surface area (Å²) < 4.78 is 42.0. The predicted octanol–water partition coefficient (Wildman–Crippen LogP) is 1.88. The molecule has 328 valence electrons. The van der Waals surface area contributed by atoms with Gasteiger partial charge in [-0.1, -0.05) is 47.5 Å². The van der Waals surface area contributed by atoms with Crippen LogP contribution in [0.3, 0.4) is 0 Å². The number of ether oxygens (including phenoxy) is 2. The third kappa shape index (κ3) is 8.63. The topological polar surface area (TPSA) is 181 Å². The van der Waals surface area contributed by atoms with E-state index >= 15 is 0 Å². The van der Waals surface area contributed by atoms with Crippen molar-refractivity contribution in [2.75, 3.05) is 41.4 Å². The molecule has 0 bridgehead atoms. The number of fused-ring (bicyclic) bond motifs is 4. The zero-order valence-electron chi connectivity index (χ0n) is 35.3. The molecular weight excluding hydrogens is 876 g/mol. The second-order valence-corrected chi connectivity index (χ2v) is 17.2. The largest absolute Gasteiger partial charge is 1.00 e. The molecule has 2 amide bonds. The predicted molar refractivity (Wildman–Crippen MR) is 221 cm³/mol. The first-order valence-corrected chi connectivity index (χ1v) is 20.6. The van der Waals surface area contributed by atoms with Gasteiger partial charge < -0.3 is 38.6 Å².